The molecule has 0 saturated carbocycles. The molecule has 0 saturated heterocycles. The summed E-state index contributed by atoms with van der Waals surface area (Å²) in [6.07, 6.45) is 0. The SMILES string of the molecule is [B]C1=C([B])C([B])C(S(c2c([B])c([B])c([B])c([B])c2[B])(c2c([B])c([B])c([B])c([B])c2[B])c2c([B])c([B])c([B])c(C(C)C)c2[B])=C1[B]. The molecule has 3 aromatic rings. The van der Waals surface area contributed by atoms with Crippen LogP contribution in [-0.2, 0) is 0 Å². The van der Waals surface area contributed by atoms with Crippen molar-refractivity contribution < 1.29 is 0 Å². The number of hydrogen-bond donors (Lipinski definition) is 0. The van der Waals surface area contributed by atoms with E-state index in [0.717, 1.165) is 0 Å². The van der Waals surface area contributed by atoms with Gasteiger partial charge in [0.1, 0.15) is 133 Å². The van der Waals surface area contributed by atoms with Gasteiger partial charge in [-0.2, -0.15) is 0 Å². The van der Waals surface area contributed by atoms with E-state index in [0.29, 0.717) is 5.56 Å². The molecule has 0 nitrogen and oxygen atoms in total. The van der Waals surface area contributed by atoms with Gasteiger partial charge in [-0.15, -0.1) is 64.7 Å². The fourth-order valence-corrected chi connectivity index (χ4v) is 10.7. The average Bonchev–Trinajstić information content (AvgIpc) is 3.17. The first-order valence-corrected chi connectivity index (χ1v) is 15.0. The molecule has 0 amide bonds. The van der Waals surface area contributed by atoms with Gasteiger partial charge in [-0.3, -0.25) is 0 Å². The van der Waals surface area contributed by atoms with E-state index in [1.165, 1.54) is 0 Å². The third-order valence-corrected chi connectivity index (χ3v) is 12.5. The Morgan fingerprint density at radius 2 is 0.689 bits per heavy atom. The van der Waals surface area contributed by atoms with Crippen LogP contribution in [0.3, 0.4) is 0 Å². The van der Waals surface area contributed by atoms with Gasteiger partial charge >= 0.3 is 0 Å². The van der Waals surface area contributed by atoms with Gasteiger partial charge in [-0.25, -0.2) is 0 Å². The van der Waals surface area contributed by atoms with Gasteiger partial charge in [0.05, 0.1) is 7.85 Å². The van der Waals surface area contributed by atoms with Gasteiger partial charge in [0.2, 0.25) is 0 Å². The Morgan fingerprint density at radius 3 is 0.978 bits per heavy atom. The van der Waals surface area contributed by atoms with E-state index in [1.807, 2.05) is 13.8 Å². The lowest BCUT2D eigenvalue weighted by Gasteiger charge is -2.54. The summed E-state index contributed by atoms with van der Waals surface area (Å²) in [5.41, 5.74) is -1.20. The van der Waals surface area contributed by atoms with Crippen molar-refractivity contribution >= 4 is 228 Å². The minimum absolute atomic E-state index is 0.00826. The summed E-state index contributed by atoms with van der Waals surface area (Å²) >= 11 is 0. The van der Waals surface area contributed by atoms with Crippen molar-refractivity contribution in [2.75, 3.05) is 0 Å². The second-order valence-electron chi connectivity index (χ2n) is 11.1. The van der Waals surface area contributed by atoms with Gasteiger partial charge in [-0.05, 0) is 31.3 Å². The van der Waals surface area contributed by atoms with Gasteiger partial charge < -0.3 is 0 Å². The molecule has 1 atom stereocenters. The third kappa shape index (κ3) is 5.01. The van der Waals surface area contributed by atoms with Crippen LogP contribution in [0.25, 0.3) is 0 Å². The predicted octanol–water partition coefficient (Wildman–Crippen LogP) is -10.9. The predicted molar refractivity (Wildman–Crippen MR) is 212 cm³/mol. The second-order valence-corrected chi connectivity index (χ2v) is 14.0. The zero-order valence-electron chi connectivity index (χ0n) is 25.0. The van der Waals surface area contributed by atoms with Crippen molar-refractivity contribution in [3.8, 4) is 0 Å². The third-order valence-electron chi connectivity index (χ3n) is 8.26. The first-order chi connectivity index (χ1) is 20.7. The Morgan fingerprint density at radius 1 is 0.400 bits per heavy atom. The normalized spacial score (nSPS) is 15.8. The van der Waals surface area contributed by atoms with E-state index in [9.17, 15) is 0 Å². The van der Waals surface area contributed by atoms with Crippen LogP contribution < -0.4 is 76.5 Å². The van der Waals surface area contributed by atoms with Crippen LogP contribution in [0.4, 0.5) is 0 Å². The number of allylic oxidation sites excluding steroid dienone is 4. The summed E-state index contributed by atoms with van der Waals surface area (Å²) in [6, 6.07) is 0. The molecule has 3 aromatic carbocycles. The molecule has 19 heteroatoms. The Balaban J connectivity index is 2.62. The number of hydrogen-bond acceptors (Lipinski definition) is 0. The molecular weight excluding hydrogens is 539 g/mol. The molecule has 36 radical (unpaired) electrons. The highest BCUT2D eigenvalue weighted by atomic mass is 32.3. The maximum Gasteiger partial charge on any atom is 0.115 e. The smallest absolute Gasteiger partial charge is 0.115 e. The average molecular weight is 547 g/mol. The monoisotopic (exact) mass is 550 g/mol. The van der Waals surface area contributed by atoms with Gasteiger partial charge in [0.15, 0.2) is 0 Å². The van der Waals surface area contributed by atoms with E-state index in [4.69, 9.17) is 141 Å². The van der Waals surface area contributed by atoms with Crippen LogP contribution in [0.5, 0.6) is 0 Å². The summed E-state index contributed by atoms with van der Waals surface area (Å²) < 4.78 is 0. The van der Waals surface area contributed by atoms with E-state index < -0.39 is 15.8 Å². The Bertz CT molecular complexity index is 1750. The lowest BCUT2D eigenvalue weighted by molar-refractivity contribution is 0.878. The largest absolute Gasteiger partial charge is 0.141 e. The fourth-order valence-electron chi connectivity index (χ4n) is 5.84. The number of benzene rings is 3. The van der Waals surface area contributed by atoms with Crippen molar-refractivity contribution in [2.45, 2.75) is 40.3 Å². The molecule has 0 fully saturated rings. The highest BCUT2D eigenvalue weighted by molar-refractivity contribution is 8.37. The van der Waals surface area contributed by atoms with Gasteiger partial charge in [0, 0.05) is 0 Å². The second kappa shape index (κ2) is 12.6. The molecule has 1 aliphatic rings. The highest BCUT2D eigenvalue weighted by Gasteiger charge is 2.46. The maximum absolute atomic E-state index is 7.04. The lowest BCUT2D eigenvalue weighted by Crippen LogP contribution is -2.60. The first-order valence-electron chi connectivity index (χ1n) is 13.3. The lowest BCUT2D eigenvalue weighted by atomic mass is 9.62. The van der Waals surface area contributed by atoms with Gasteiger partial charge in [0.25, 0.3) is 0 Å². The minimum Gasteiger partial charge on any atom is -0.141 e. The van der Waals surface area contributed by atoms with Crippen molar-refractivity contribution in [3.05, 3.63) is 26.9 Å². The van der Waals surface area contributed by atoms with Crippen LogP contribution in [-0.4, -0.2) is 141 Å². The molecule has 0 aromatic heterocycles. The zero-order chi connectivity index (χ0) is 34.4. The molecule has 172 valence electrons. The maximum atomic E-state index is 7.04. The molecule has 45 heavy (non-hydrogen) atoms. The molecular formula is C26H8B18S. The molecule has 0 N–H and O–H groups in total. The standard InChI is InChI=1S/C26H8B18S/c1-3(2)4-5(27)7(29)16(38)23(6(4)28)45(26-21(43)14(36)15(37)22(26)44,24-17(39)10(32)8(30)11(33)18(24)40)25-19(41)12(34)9(31)13(35)20(25)42/h3,21H,1-2H3. The van der Waals surface area contributed by atoms with Crippen molar-refractivity contribution in [1.29, 1.82) is 0 Å². The van der Waals surface area contributed by atoms with Gasteiger partial charge in [-0.1, -0.05) is 57.7 Å². The molecule has 0 heterocycles. The van der Waals surface area contributed by atoms with Crippen LogP contribution in [0.2, 0.25) is 5.82 Å². The van der Waals surface area contributed by atoms with Crippen LogP contribution >= 0.6 is 10.0 Å². The summed E-state index contributed by atoms with van der Waals surface area (Å²) in [5, 5.41) is 0. The molecule has 0 bridgehead atoms. The molecule has 1 unspecified atom stereocenters. The zero-order valence-corrected chi connectivity index (χ0v) is 25.8. The number of rotatable bonds is 5. The van der Waals surface area contributed by atoms with Crippen LogP contribution in [0, 0.1) is 0 Å². The first kappa shape index (κ1) is 36.5. The van der Waals surface area contributed by atoms with Crippen molar-refractivity contribution in [1.82, 2.24) is 0 Å². The molecule has 0 aliphatic heterocycles. The Labute approximate surface area is 293 Å². The minimum atomic E-state index is -3.67. The summed E-state index contributed by atoms with van der Waals surface area (Å²) in [4.78, 5) is 0.139. The van der Waals surface area contributed by atoms with Crippen molar-refractivity contribution in [3.63, 3.8) is 0 Å². The Hall–Kier alpha value is -1.34. The van der Waals surface area contributed by atoms with E-state index in [2.05, 4.69) is 0 Å². The van der Waals surface area contributed by atoms with Crippen LogP contribution in [0.15, 0.2) is 36.0 Å². The summed E-state index contributed by atoms with van der Waals surface area (Å²) in [5.74, 6) is -1.55. The molecule has 4 rings (SSSR count). The van der Waals surface area contributed by atoms with Crippen molar-refractivity contribution in [2.24, 2.45) is 0 Å². The topological polar surface area (TPSA) is 0 Å². The van der Waals surface area contributed by atoms with E-state index in [-0.39, 0.29) is 118 Å². The summed E-state index contributed by atoms with van der Waals surface area (Å²) in [7, 11) is 115. The Kier molecular flexibility index (Phi) is 10.2. The van der Waals surface area contributed by atoms with Crippen LogP contribution in [0.1, 0.15) is 25.3 Å². The highest BCUT2D eigenvalue weighted by Crippen LogP contribution is 2.74. The summed E-state index contributed by atoms with van der Waals surface area (Å²) in [6.45, 7) is 3.68. The molecule has 1 aliphatic carbocycles. The molecule has 0 spiro atoms. The van der Waals surface area contributed by atoms with E-state index in [1.54, 1.807) is 0 Å². The quantitative estimate of drug-likeness (QED) is 0.279. The van der Waals surface area contributed by atoms with E-state index >= 15 is 0 Å². The fraction of sp³-hybridized carbons (Fsp3) is 0.154.